The molecule has 0 aromatic rings. The highest BCUT2D eigenvalue weighted by molar-refractivity contribution is 5.10. The Hall–Kier alpha value is -0.560. The molecule has 23 heavy (non-hydrogen) atoms. The first kappa shape index (κ1) is 22.4. The topological polar surface area (TPSA) is 3.24 Å². The van der Waals surface area contributed by atoms with Crippen LogP contribution in [-0.4, -0.2) is 24.5 Å². The van der Waals surface area contributed by atoms with E-state index >= 15 is 0 Å². The van der Waals surface area contributed by atoms with Gasteiger partial charge in [0.2, 0.25) is 0 Å². The summed E-state index contributed by atoms with van der Waals surface area (Å²) in [6, 6.07) is 0. The number of rotatable bonds is 16. The molecule has 1 nitrogen and oxygen atoms in total. The maximum atomic E-state index is 4.10. The molecule has 0 amide bonds. The fourth-order valence-electron chi connectivity index (χ4n) is 3.23. The normalized spacial score (nSPS) is 14.0. The van der Waals surface area contributed by atoms with Crippen molar-refractivity contribution in [1.29, 1.82) is 0 Å². The van der Waals surface area contributed by atoms with Crippen LogP contribution in [0, 0.1) is 11.8 Å². The molecule has 0 bridgehead atoms. The van der Waals surface area contributed by atoms with Gasteiger partial charge in [-0.05, 0) is 31.1 Å². The molecule has 0 saturated heterocycles. The number of allylic oxidation sites excluding steroid dienone is 1. The summed E-state index contributed by atoms with van der Waals surface area (Å²) in [5.74, 6) is 1.71. The van der Waals surface area contributed by atoms with E-state index in [1.165, 1.54) is 70.0 Å². The van der Waals surface area contributed by atoms with Gasteiger partial charge in [0.15, 0.2) is 0 Å². The van der Waals surface area contributed by atoms with E-state index in [-0.39, 0.29) is 0 Å². The second kappa shape index (κ2) is 15.0. The van der Waals surface area contributed by atoms with Gasteiger partial charge in [0, 0.05) is 19.6 Å². The number of hydrogen-bond acceptors (Lipinski definition) is 1. The molecule has 2 unspecified atom stereocenters. The van der Waals surface area contributed by atoms with Gasteiger partial charge in [-0.2, -0.15) is 0 Å². The lowest BCUT2D eigenvalue weighted by Crippen LogP contribution is -2.35. The second-order valence-corrected chi connectivity index (χ2v) is 7.20. The summed E-state index contributed by atoms with van der Waals surface area (Å²) in [5.41, 5.74) is 1.18. The van der Waals surface area contributed by atoms with E-state index in [9.17, 15) is 0 Å². The lowest BCUT2D eigenvalue weighted by atomic mass is 9.95. The van der Waals surface area contributed by atoms with Crippen molar-refractivity contribution in [3.8, 4) is 0 Å². The van der Waals surface area contributed by atoms with E-state index in [0.29, 0.717) is 0 Å². The first-order chi connectivity index (χ1) is 11.1. The molecule has 0 fully saturated rings. The monoisotopic (exact) mass is 321 g/mol. The number of unbranched alkanes of at least 4 members (excludes halogenated alkanes) is 2. The predicted molar refractivity (Wildman–Crippen MR) is 107 cm³/mol. The average Bonchev–Trinajstić information content (AvgIpc) is 2.58. The van der Waals surface area contributed by atoms with E-state index in [4.69, 9.17) is 0 Å². The Labute approximate surface area is 147 Å². The molecule has 0 spiro atoms. The molecule has 0 N–H and O–H groups in total. The minimum Gasteiger partial charge on any atom is -0.302 e. The third-order valence-corrected chi connectivity index (χ3v) is 5.16. The zero-order valence-electron chi connectivity index (χ0n) is 16.6. The molecule has 0 saturated carbocycles. The minimum absolute atomic E-state index is 0.857. The molecule has 2 atom stereocenters. The van der Waals surface area contributed by atoms with Crippen LogP contribution in [-0.2, 0) is 0 Å². The Bertz CT molecular complexity index is 276. The Kier molecular flexibility index (Phi) is 14.6. The Balaban J connectivity index is 4.62. The molecular weight excluding hydrogens is 278 g/mol. The highest BCUT2D eigenvalue weighted by Gasteiger charge is 2.16. The summed E-state index contributed by atoms with van der Waals surface area (Å²) in [6.45, 7) is 21.0. The third-order valence-electron chi connectivity index (χ3n) is 5.16. The van der Waals surface area contributed by atoms with Crippen molar-refractivity contribution in [2.24, 2.45) is 11.8 Å². The highest BCUT2D eigenvalue weighted by atomic mass is 15.1. The van der Waals surface area contributed by atoms with Crippen molar-refractivity contribution in [2.75, 3.05) is 19.6 Å². The first-order valence-electron chi connectivity index (χ1n) is 10.1. The van der Waals surface area contributed by atoms with Crippen LogP contribution in [0.3, 0.4) is 0 Å². The average molecular weight is 322 g/mol. The van der Waals surface area contributed by atoms with Crippen LogP contribution in [0.25, 0.3) is 0 Å². The predicted octanol–water partition coefficient (Wildman–Crippen LogP) is 6.85. The summed E-state index contributed by atoms with van der Waals surface area (Å²) < 4.78 is 0. The Morgan fingerprint density at radius 2 is 1.39 bits per heavy atom. The zero-order chi connectivity index (χ0) is 17.5. The Morgan fingerprint density at radius 3 is 1.74 bits per heavy atom. The third kappa shape index (κ3) is 11.6. The van der Waals surface area contributed by atoms with Gasteiger partial charge in [-0.25, -0.2) is 0 Å². The summed E-state index contributed by atoms with van der Waals surface area (Å²) in [7, 11) is 0. The molecule has 0 radical (unpaired) electrons. The summed E-state index contributed by atoms with van der Waals surface area (Å²) in [5, 5.41) is 0. The maximum Gasteiger partial charge on any atom is 0.00218 e. The summed E-state index contributed by atoms with van der Waals surface area (Å²) in [6.07, 6.45) is 13.8. The fourth-order valence-corrected chi connectivity index (χ4v) is 3.23. The van der Waals surface area contributed by atoms with Crippen LogP contribution >= 0.6 is 0 Å². The Morgan fingerprint density at radius 1 is 0.913 bits per heavy atom. The van der Waals surface area contributed by atoms with E-state index in [1.54, 1.807) is 0 Å². The highest BCUT2D eigenvalue weighted by Crippen LogP contribution is 2.19. The molecule has 0 aliphatic rings. The van der Waals surface area contributed by atoms with Crippen LogP contribution in [0.5, 0.6) is 0 Å². The largest absolute Gasteiger partial charge is 0.302 e. The van der Waals surface area contributed by atoms with Crippen molar-refractivity contribution >= 4 is 0 Å². The molecule has 0 rings (SSSR count). The van der Waals surface area contributed by atoms with Crippen molar-refractivity contribution < 1.29 is 0 Å². The second-order valence-electron chi connectivity index (χ2n) is 7.20. The first-order valence-corrected chi connectivity index (χ1v) is 10.1. The van der Waals surface area contributed by atoms with Crippen molar-refractivity contribution in [2.45, 2.75) is 85.5 Å². The van der Waals surface area contributed by atoms with E-state index < -0.39 is 0 Å². The lowest BCUT2D eigenvalue weighted by Gasteiger charge is -2.30. The van der Waals surface area contributed by atoms with Gasteiger partial charge in [-0.15, -0.1) is 0 Å². The molecule has 0 aromatic heterocycles. The van der Waals surface area contributed by atoms with Crippen molar-refractivity contribution in [3.63, 3.8) is 0 Å². The SMILES string of the molecule is C=CC(=C)CCN(CC(CC)CCCC)CC(CC)CCCC. The van der Waals surface area contributed by atoms with Crippen LogP contribution in [0.1, 0.15) is 85.5 Å². The van der Waals surface area contributed by atoms with Crippen LogP contribution < -0.4 is 0 Å². The molecule has 0 aromatic carbocycles. The fraction of sp³-hybridized carbons (Fsp3) is 0.818. The van der Waals surface area contributed by atoms with Gasteiger partial charge >= 0.3 is 0 Å². The van der Waals surface area contributed by atoms with Crippen molar-refractivity contribution in [3.05, 3.63) is 24.8 Å². The maximum absolute atomic E-state index is 4.10. The zero-order valence-corrected chi connectivity index (χ0v) is 16.6. The van der Waals surface area contributed by atoms with Gasteiger partial charge < -0.3 is 4.90 Å². The lowest BCUT2D eigenvalue weighted by molar-refractivity contribution is 0.183. The van der Waals surface area contributed by atoms with Crippen LogP contribution in [0.4, 0.5) is 0 Å². The van der Waals surface area contributed by atoms with Crippen molar-refractivity contribution in [1.82, 2.24) is 4.90 Å². The standard InChI is InChI=1S/C22H43N/c1-7-12-14-21(10-4)18-23(17-16-20(6)9-3)19-22(11-5)15-13-8-2/h9,21-22H,3,6-8,10-19H2,1-2,4-5H3. The van der Waals surface area contributed by atoms with Gasteiger partial charge in [0.05, 0.1) is 0 Å². The van der Waals surface area contributed by atoms with Gasteiger partial charge in [0.1, 0.15) is 0 Å². The van der Waals surface area contributed by atoms with Gasteiger partial charge in [0.25, 0.3) is 0 Å². The van der Waals surface area contributed by atoms with Crippen LogP contribution in [0.15, 0.2) is 24.8 Å². The number of nitrogens with zero attached hydrogens (tertiary/aromatic N) is 1. The molecule has 1 heteroatoms. The smallest absolute Gasteiger partial charge is 0.00218 e. The van der Waals surface area contributed by atoms with Gasteiger partial charge in [-0.3, -0.25) is 0 Å². The molecule has 0 heterocycles. The summed E-state index contributed by atoms with van der Waals surface area (Å²) in [4.78, 5) is 2.72. The van der Waals surface area contributed by atoms with Gasteiger partial charge in [-0.1, -0.05) is 91.0 Å². The van der Waals surface area contributed by atoms with Crippen LogP contribution in [0.2, 0.25) is 0 Å². The molecule has 136 valence electrons. The number of hydrogen-bond donors (Lipinski definition) is 0. The summed E-state index contributed by atoms with van der Waals surface area (Å²) >= 11 is 0. The minimum atomic E-state index is 0.857. The quantitative estimate of drug-likeness (QED) is 0.281. The van der Waals surface area contributed by atoms with E-state index in [1.807, 2.05) is 6.08 Å². The molecular formula is C22H43N. The molecule has 0 aliphatic heterocycles. The molecule has 0 aliphatic carbocycles. The van der Waals surface area contributed by atoms with E-state index in [0.717, 1.165) is 24.8 Å². The van der Waals surface area contributed by atoms with E-state index in [2.05, 4.69) is 45.8 Å².